The van der Waals surface area contributed by atoms with Gasteiger partial charge in [0.2, 0.25) is 5.24 Å². The first-order valence-corrected chi connectivity index (χ1v) is 10.2. The number of carbonyl (C=O) groups is 1. The van der Waals surface area contributed by atoms with Crippen molar-refractivity contribution < 1.29 is 4.79 Å². The SMILES string of the molecule is O=C(Cl)C(CCC/C=C/c1ccccc1)CCC/C=C/c1ccc(Cl)cc1. The van der Waals surface area contributed by atoms with E-state index in [0.29, 0.717) is 0 Å². The van der Waals surface area contributed by atoms with Crippen molar-refractivity contribution in [2.75, 3.05) is 0 Å². The summed E-state index contributed by atoms with van der Waals surface area (Å²) in [6.07, 6.45) is 14.1. The van der Waals surface area contributed by atoms with Gasteiger partial charge in [-0.05, 0) is 73.4 Å². The number of carbonyl (C=O) groups excluding carboxylic acids is 1. The average Bonchev–Trinajstić information content (AvgIpc) is 2.68. The highest BCUT2D eigenvalue weighted by molar-refractivity contribution is 6.63. The van der Waals surface area contributed by atoms with Crippen LogP contribution < -0.4 is 0 Å². The number of unbranched alkanes of at least 4 members (excludes halogenated alkanes) is 2. The molecule has 1 unspecified atom stereocenters. The summed E-state index contributed by atoms with van der Waals surface area (Å²) in [5.74, 6) is -0.0410. The molecule has 0 heterocycles. The molecule has 0 saturated carbocycles. The summed E-state index contributed by atoms with van der Waals surface area (Å²) in [5.41, 5.74) is 2.34. The van der Waals surface area contributed by atoms with Crippen LogP contribution in [0.3, 0.4) is 0 Å². The summed E-state index contributed by atoms with van der Waals surface area (Å²) < 4.78 is 0. The molecule has 0 spiro atoms. The minimum Gasteiger partial charge on any atom is -0.281 e. The van der Waals surface area contributed by atoms with Gasteiger partial charge in [0.05, 0.1) is 0 Å². The van der Waals surface area contributed by atoms with Gasteiger partial charge < -0.3 is 0 Å². The first-order chi connectivity index (χ1) is 13.1. The van der Waals surface area contributed by atoms with Gasteiger partial charge in [0.1, 0.15) is 0 Å². The number of hydrogen-bond acceptors (Lipinski definition) is 1. The molecule has 0 amide bonds. The maximum absolute atomic E-state index is 11.7. The van der Waals surface area contributed by atoms with E-state index in [1.165, 1.54) is 5.56 Å². The highest BCUT2D eigenvalue weighted by Gasteiger charge is 2.14. The number of benzene rings is 2. The molecule has 27 heavy (non-hydrogen) atoms. The molecule has 0 aliphatic rings. The van der Waals surface area contributed by atoms with Gasteiger partial charge in [-0.2, -0.15) is 0 Å². The Morgan fingerprint density at radius 2 is 1.33 bits per heavy atom. The molecule has 0 N–H and O–H groups in total. The Hall–Kier alpha value is -1.83. The van der Waals surface area contributed by atoms with Crippen LogP contribution in [-0.4, -0.2) is 5.24 Å². The third-order valence-corrected chi connectivity index (χ3v) is 5.02. The van der Waals surface area contributed by atoms with Crippen molar-refractivity contribution in [3.05, 3.63) is 82.9 Å². The summed E-state index contributed by atoms with van der Waals surface area (Å²) in [4.78, 5) is 11.7. The summed E-state index contributed by atoms with van der Waals surface area (Å²) in [6.45, 7) is 0. The first-order valence-electron chi connectivity index (χ1n) is 9.48. The van der Waals surface area contributed by atoms with Gasteiger partial charge in [-0.15, -0.1) is 0 Å². The van der Waals surface area contributed by atoms with Gasteiger partial charge >= 0.3 is 0 Å². The van der Waals surface area contributed by atoms with Crippen LogP contribution in [0.15, 0.2) is 66.7 Å². The van der Waals surface area contributed by atoms with Gasteiger partial charge in [-0.1, -0.05) is 78.4 Å². The zero-order valence-corrected chi connectivity index (χ0v) is 17.0. The third-order valence-electron chi connectivity index (χ3n) is 4.46. The van der Waals surface area contributed by atoms with Crippen LogP contribution in [0.4, 0.5) is 0 Å². The standard InChI is InChI=1S/C24H26Cl2O/c25-23-18-16-21(17-19-23)13-7-3-9-15-22(24(26)27)14-8-2-6-12-20-10-4-1-5-11-20/h1,4-7,10-13,16-19,22H,2-3,8-9,14-15H2/b12-6+,13-7+. The Bertz CT molecular complexity index is 733. The van der Waals surface area contributed by atoms with Crippen molar-refractivity contribution in [3.63, 3.8) is 0 Å². The van der Waals surface area contributed by atoms with Crippen LogP contribution >= 0.6 is 23.2 Å². The van der Waals surface area contributed by atoms with Crippen LogP contribution in [0.25, 0.3) is 12.2 Å². The first kappa shape index (κ1) is 21.5. The fraction of sp³-hybridized carbons (Fsp3) is 0.292. The lowest BCUT2D eigenvalue weighted by Gasteiger charge is -2.10. The van der Waals surface area contributed by atoms with E-state index in [2.05, 4.69) is 36.4 Å². The van der Waals surface area contributed by atoms with Gasteiger partial charge in [0.15, 0.2) is 0 Å². The largest absolute Gasteiger partial charge is 0.281 e. The van der Waals surface area contributed by atoms with Crippen molar-refractivity contribution >= 4 is 40.6 Å². The minimum absolute atomic E-state index is 0.0410. The fourth-order valence-corrected chi connectivity index (χ4v) is 3.26. The molecular weight excluding hydrogens is 375 g/mol. The van der Waals surface area contributed by atoms with Crippen LogP contribution in [-0.2, 0) is 4.79 Å². The highest BCUT2D eigenvalue weighted by Crippen LogP contribution is 2.20. The summed E-state index contributed by atoms with van der Waals surface area (Å²) >= 11 is 11.7. The van der Waals surface area contributed by atoms with E-state index >= 15 is 0 Å². The summed E-state index contributed by atoms with van der Waals surface area (Å²) in [5, 5.41) is 0.540. The normalized spacial score (nSPS) is 12.7. The second-order valence-electron chi connectivity index (χ2n) is 6.63. The van der Waals surface area contributed by atoms with E-state index in [4.69, 9.17) is 23.2 Å². The minimum atomic E-state index is -0.205. The number of rotatable bonds is 11. The molecule has 2 aromatic carbocycles. The van der Waals surface area contributed by atoms with Gasteiger partial charge in [0.25, 0.3) is 0 Å². The lowest BCUT2D eigenvalue weighted by atomic mass is 9.96. The lowest BCUT2D eigenvalue weighted by Crippen LogP contribution is -2.08. The third kappa shape index (κ3) is 9.08. The molecule has 0 aromatic heterocycles. The summed E-state index contributed by atoms with van der Waals surface area (Å²) in [6, 6.07) is 18.0. The topological polar surface area (TPSA) is 17.1 Å². The zero-order valence-electron chi connectivity index (χ0n) is 15.5. The molecule has 0 bridgehead atoms. The fourth-order valence-electron chi connectivity index (χ4n) is 2.91. The Kier molecular flexibility index (Phi) is 9.97. The second-order valence-corrected chi connectivity index (χ2v) is 7.44. The Morgan fingerprint density at radius 3 is 1.85 bits per heavy atom. The molecule has 3 heteroatoms. The molecule has 2 rings (SSSR count). The smallest absolute Gasteiger partial charge is 0.224 e. The van der Waals surface area contributed by atoms with E-state index in [9.17, 15) is 4.79 Å². The molecule has 0 fully saturated rings. The number of halogens is 2. The molecule has 0 aliphatic carbocycles. The maximum Gasteiger partial charge on any atom is 0.224 e. The van der Waals surface area contributed by atoms with Crippen LogP contribution in [0.1, 0.15) is 49.7 Å². The molecule has 0 aliphatic heterocycles. The lowest BCUT2D eigenvalue weighted by molar-refractivity contribution is -0.115. The Balaban J connectivity index is 1.65. The van der Waals surface area contributed by atoms with Gasteiger partial charge in [0, 0.05) is 10.9 Å². The van der Waals surface area contributed by atoms with E-state index in [1.807, 2.05) is 42.5 Å². The molecule has 2 aromatic rings. The van der Waals surface area contributed by atoms with E-state index in [1.54, 1.807) is 0 Å². The zero-order chi connectivity index (χ0) is 19.3. The van der Waals surface area contributed by atoms with Crippen LogP contribution in [0, 0.1) is 5.92 Å². The van der Waals surface area contributed by atoms with E-state index < -0.39 is 0 Å². The molecule has 142 valence electrons. The molecular formula is C24H26Cl2O. The van der Waals surface area contributed by atoms with Crippen LogP contribution in [0.5, 0.6) is 0 Å². The van der Waals surface area contributed by atoms with Crippen LogP contribution in [0.2, 0.25) is 5.02 Å². The molecule has 1 nitrogen and oxygen atoms in total. The Morgan fingerprint density at radius 1 is 0.815 bits per heavy atom. The molecule has 0 saturated heterocycles. The summed E-state index contributed by atoms with van der Waals surface area (Å²) in [7, 11) is 0. The van der Waals surface area contributed by atoms with Crippen molar-refractivity contribution in [1.29, 1.82) is 0 Å². The van der Waals surface area contributed by atoms with Crippen molar-refractivity contribution in [2.24, 2.45) is 5.92 Å². The van der Waals surface area contributed by atoms with Crippen molar-refractivity contribution in [3.8, 4) is 0 Å². The molecule has 0 radical (unpaired) electrons. The number of hydrogen-bond donors (Lipinski definition) is 0. The average molecular weight is 401 g/mol. The maximum atomic E-state index is 11.7. The molecule has 1 atom stereocenters. The number of allylic oxidation sites excluding steroid dienone is 2. The van der Waals surface area contributed by atoms with Gasteiger partial charge in [-0.3, -0.25) is 4.79 Å². The monoisotopic (exact) mass is 400 g/mol. The quantitative estimate of drug-likeness (QED) is 0.277. The predicted octanol–water partition coefficient (Wildman–Crippen LogP) is 7.79. The predicted molar refractivity (Wildman–Crippen MR) is 118 cm³/mol. The highest BCUT2D eigenvalue weighted by atomic mass is 35.5. The van der Waals surface area contributed by atoms with Crippen molar-refractivity contribution in [1.82, 2.24) is 0 Å². The Labute approximate surface area is 172 Å². The second kappa shape index (κ2) is 12.5. The van der Waals surface area contributed by atoms with E-state index in [0.717, 1.165) is 49.1 Å². The van der Waals surface area contributed by atoms with E-state index in [-0.39, 0.29) is 11.2 Å². The van der Waals surface area contributed by atoms with Crippen molar-refractivity contribution in [2.45, 2.75) is 38.5 Å². The van der Waals surface area contributed by atoms with Gasteiger partial charge in [-0.25, -0.2) is 0 Å².